The summed E-state index contributed by atoms with van der Waals surface area (Å²) in [6.45, 7) is 0. The van der Waals surface area contributed by atoms with E-state index >= 15 is 52.7 Å². The Bertz CT molecular complexity index is 6760. The highest BCUT2D eigenvalue weighted by Crippen LogP contribution is 2.58. The number of para-hydroxylation sites is 4. The molecular formula is C89H38F16N4. The van der Waals surface area contributed by atoms with E-state index in [-0.39, 0.29) is 68.4 Å². The molecular weight excluding hydrogens is 1430 g/mol. The SMILES string of the molecule is Fc1cc(F)c(F)c(-n2c3ccccc3c3cc(C#Cc4ccc5c(c4)C(c4ccc6c(c4)c4ccccc4n6-c4c(F)c(F)cc(F)c4F)(c4ccc6c(c4)c4ccccc4n6-c4c(F)c(F)cc(F)c4F)c4cc(C#Cc6ccc7c(c6)c6ccccc6n7-c6c(F)c(F)cc(F)c6F)ccc4-5)ccc32)c1F. The van der Waals surface area contributed by atoms with Crippen molar-refractivity contribution in [2.75, 3.05) is 0 Å². The average Bonchev–Trinajstić information content (AvgIpc) is 1.53. The zero-order valence-corrected chi connectivity index (χ0v) is 55.3. The molecule has 0 spiro atoms. The molecule has 0 saturated heterocycles. The fourth-order valence-corrected chi connectivity index (χ4v) is 16.1. The number of halogens is 16. The number of aromatic nitrogens is 4. The third-order valence-electron chi connectivity index (χ3n) is 20.6. The molecule has 0 radical (unpaired) electrons. The van der Waals surface area contributed by atoms with Crippen LogP contribution in [0.2, 0.25) is 0 Å². The summed E-state index contributed by atoms with van der Waals surface area (Å²) < 4.78 is 254. The van der Waals surface area contributed by atoms with Crippen LogP contribution in [0.1, 0.15) is 44.5 Å². The second-order valence-corrected chi connectivity index (χ2v) is 26.4. The van der Waals surface area contributed by atoms with Crippen LogP contribution in [0.25, 0.3) is 121 Å². The van der Waals surface area contributed by atoms with Gasteiger partial charge < -0.3 is 18.3 Å². The summed E-state index contributed by atoms with van der Waals surface area (Å²) in [7, 11) is 0. The van der Waals surface area contributed by atoms with Crippen LogP contribution in [0.5, 0.6) is 0 Å². The first kappa shape index (κ1) is 66.0. The van der Waals surface area contributed by atoms with Gasteiger partial charge in [-0.15, -0.1) is 0 Å². The monoisotopic (exact) mass is 1470 g/mol. The van der Waals surface area contributed by atoms with Gasteiger partial charge in [0.05, 0.1) is 49.5 Å². The van der Waals surface area contributed by atoms with E-state index in [0.717, 1.165) is 18.3 Å². The third kappa shape index (κ3) is 9.53. The van der Waals surface area contributed by atoms with Gasteiger partial charge in [0.1, 0.15) is 22.7 Å². The van der Waals surface area contributed by atoms with E-state index in [2.05, 4.69) is 23.7 Å². The molecule has 0 amide bonds. The van der Waals surface area contributed by atoms with Gasteiger partial charge in [0.15, 0.2) is 93.1 Å². The van der Waals surface area contributed by atoms with Gasteiger partial charge in [0.25, 0.3) is 0 Å². The highest BCUT2D eigenvalue weighted by Gasteiger charge is 2.47. The van der Waals surface area contributed by atoms with E-state index < -0.39 is 121 Å². The first-order chi connectivity index (χ1) is 52.7. The fourth-order valence-electron chi connectivity index (χ4n) is 16.1. The molecule has 1 aliphatic carbocycles. The van der Waals surface area contributed by atoms with Crippen LogP contribution in [-0.2, 0) is 5.41 Å². The van der Waals surface area contributed by atoms with E-state index in [1.165, 1.54) is 48.5 Å². The Morgan fingerprint density at radius 1 is 0.202 bits per heavy atom. The number of fused-ring (bicyclic) bond motifs is 15. The maximum Gasteiger partial charge on any atom is 0.186 e. The number of rotatable bonds is 6. The minimum Gasteiger partial charge on any atom is -0.304 e. The molecule has 19 rings (SSSR count). The molecule has 14 aromatic carbocycles. The van der Waals surface area contributed by atoms with Crippen LogP contribution in [0.3, 0.4) is 0 Å². The average molecular weight is 1470 g/mol. The van der Waals surface area contributed by atoms with Crippen LogP contribution in [0.15, 0.2) is 231 Å². The van der Waals surface area contributed by atoms with Gasteiger partial charge in [-0.3, -0.25) is 0 Å². The Morgan fingerprint density at radius 2 is 0.422 bits per heavy atom. The first-order valence-electron chi connectivity index (χ1n) is 33.5. The largest absolute Gasteiger partial charge is 0.304 e. The third-order valence-corrected chi connectivity index (χ3v) is 20.6. The molecule has 0 saturated carbocycles. The molecule has 4 heterocycles. The van der Waals surface area contributed by atoms with E-state index in [1.807, 2.05) is 24.3 Å². The van der Waals surface area contributed by atoms with Gasteiger partial charge in [-0.1, -0.05) is 121 Å². The Kier molecular flexibility index (Phi) is 14.6. The molecule has 0 aliphatic heterocycles. The molecule has 20 heteroatoms. The van der Waals surface area contributed by atoms with Gasteiger partial charge in [-0.25, -0.2) is 70.2 Å². The number of hydrogen-bond acceptors (Lipinski definition) is 0. The smallest absolute Gasteiger partial charge is 0.186 e. The topological polar surface area (TPSA) is 19.7 Å². The van der Waals surface area contributed by atoms with Crippen LogP contribution in [0, 0.1) is 117 Å². The summed E-state index contributed by atoms with van der Waals surface area (Å²) in [5.74, 6) is -13.4. The highest BCUT2D eigenvalue weighted by molar-refractivity contribution is 6.13. The van der Waals surface area contributed by atoms with Crippen molar-refractivity contribution in [3.8, 4) is 57.6 Å². The van der Waals surface area contributed by atoms with Crippen LogP contribution in [0.4, 0.5) is 70.2 Å². The Labute approximate surface area is 604 Å². The van der Waals surface area contributed by atoms with Gasteiger partial charge in [0.2, 0.25) is 0 Å². The lowest BCUT2D eigenvalue weighted by Crippen LogP contribution is -2.29. The fraction of sp³-hybridized carbons (Fsp3) is 0.0112. The van der Waals surface area contributed by atoms with Gasteiger partial charge in [0, 0.05) is 89.6 Å². The molecule has 0 atom stereocenters. The number of hydrogen-bond donors (Lipinski definition) is 0. The van der Waals surface area contributed by atoms with Crippen molar-refractivity contribution in [1.82, 2.24) is 18.3 Å². The molecule has 4 nitrogen and oxygen atoms in total. The molecule has 109 heavy (non-hydrogen) atoms. The summed E-state index contributed by atoms with van der Waals surface area (Å²) in [5.41, 5.74) is 0.0129. The highest BCUT2D eigenvalue weighted by atomic mass is 19.2. The summed E-state index contributed by atoms with van der Waals surface area (Å²) in [5, 5.41) is 3.05. The summed E-state index contributed by atoms with van der Waals surface area (Å²) >= 11 is 0. The molecule has 526 valence electrons. The zero-order valence-electron chi connectivity index (χ0n) is 55.3. The van der Waals surface area contributed by atoms with Gasteiger partial charge >= 0.3 is 0 Å². The Balaban J connectivity index is 0.869. The standard InChI is InChI=1S/C89H38F16N4/c90-61-39-62(91)78(99)85(77(61)98)106-69-13-5-1-9-51(69)55-33-43(23-29-73(55)106)17-19-45-21-27-49-50-28-22-46(20-18-44-24-30-74-56(34-44)52-10-2-6-14-70(52)107(74)86-79(100)63(92)40-64(93)80(86)101)36-60(50)89(59(49)35-45,47-25-31-75-57(37-47)53-11-3-7-15-71(53)108(75)87-81(102)65(94)41-66(95)82(87)103)48-26-32-76-58(38-48)54-12-4-8-16-72(54)109(76)88-83(104)67(96)42-68(97)84(88)105/h1-16,21-42H. The lowest BCUT2D eigenvalue weighted by atomic mass is 9.67. The molecule has 4 aromatic heterocycles. The lowest BCUT2D eigenvalue weighted by Gasteiger charge is -2.34. The van der Waals surface area contributed by atoms with Crippen molar-refractivity contribution in [2.45, 2.75) is 5.41 Å². The van der Waals surface area contributed by atoms with E-state index in [4.69, 9.17) is 0 Å². The van der Waals surface area contributed by atoms with Gasteiger partial charge in [-0.05, 0) is 143 Å². The van der Waals surface area contributed by atoms with Crippen molar-refractivity contribution in [2.24, 2.45) is 0 Å². The van der Waals surface area contributed by atoms with Crippen LogP contribution < -0.4 is 0 Å². The predicted molar refractivity (Wildman–Crippen MR) is 385 cm³/mol. The molecule has 0 fully saturated rings. The Morgan fingerprint density at radius 3 is 0.697 bits per heavy atom. The predicted octanol–water partition coefficient (Wildman–Crippen LogP) is 23.5. The summed E-state index contributed by atoms with van der Waals surface area (Å²) in [6, 6.07) is 56.4. The minimum atomic E-state index is -1.69. The molecule has 0 N–H and O–H groups in total. The lowest BCUT2D eigenvalue weighted by molar-refractivity contribution is 0.449. The quantitative estimate of drug-likeness (QED) is 0.0898. The van der Waals surface area contributed by atoms with Crippen molar-refractivity contribution in [1.29, 1.82) is 0 Å². The minimum absolute atomic E-state index is 0.0855. The summed E-state index contributed by atoms with van der Waals surface area (Å²) in [6.07, 6.45) is 0. The van der Waals surface area contributed by atoms with Gasteiger partial charge in [-0.2, -0.15) is 0 Å². The number of benzene rings is 14. The maximum absolute atomic E-state index is 16.3. The molecule has 1 aliphatic rings. The maximum atomic E-state index is 16.3. The van der Waals surface area contributed by atoms with Crippen molar-refractivity contribution < 1.29 is 70.2 Å². The second kappa shape index (κ2) is 24.2. The molecule has 0 unspecified atom stereocenters. The van der Waals surface area contributed by atoms with E-state index in [9.17, 15) is 17.6 Å². The first-order valence-corrected chi connectivity index (χ1v) is 33.5. The summed E-state index contributed by atoms with van der Waals surface area (Å²) in [4.78, 5) is 0. The van der Waals surface area contributed by atoms with Crippen molar-refractivity contribution in [3.63, 3.8) is 0 Å². The zero-order chi connectivity index (χ0) is 75.1. The van der Waals surface area contributed by atoms with Crippen molar-refractivity contribution >= 4 is 87.2 Å². The van der Waals surface area contributed by atoms with Crippen LogP contribution >= 0.6 is 0 Å². The van der Waals surface area contributed by atoms with E-state index in [1.54, 1.807) is 133 Å². The Hall–Kier alpha value is -13.7. The normalized spacial score (nSPS) is 12.5. The molecule has 18 aromatic rings. The van der Waals surface area contributed by atoms with Crippen LogP contribution in [-0.4, -0.2) is 18.3 Å². The molecule has 0 bridgehead atoms. The van der Waals surface area contributed by atoms with Crippen molar-refractivity contribution in [3.05, 3.63) is 368 Å². The number of nitrogens with zero attached hydrogens (tertiary/aromatic N) is 4. The second-order valence-electron chi connectivity index (χ2n) is 26.4. The van der Waals surface area contributed by atoms with E-state index in [0.29, 0.717) is 98.7 Å².